The van der Waals surface area contributed by atoms with E-state index in [-0.39, 0.29) is 5.41 Å². The van der Waals surface area contributed by atoms with Gasteiger partial charge in [0.2, 0.25) is 0 Å². The average Bonchev–Trinajstić information content (AvgIpc) is 2.37. The number of rotatable bonds is 3. The van der Waals surface area contributed by atoms with Crippen LogP contribution in [0.2, 0.25) is 0 Å². The van der Waals surface area contributed by atoms with E-state index in [1.54, 1.807) is 0 Å². The summed E-state index contributed by atoms with van der Waals surface area (Å²) in [6, 6.07) is 2.30. The van der Waals surface area contributed by atoms with Crippen LogP contribution in [-0.4, -0.2) is 41.0 Å². The third-order valence-electron chi connectivity index (χ3n) is 3.52. The Balaban J connectivity index is 2.18. The molecule has 1 fully saturated rings. The number of likely N-dealkylation sites (tertiary alicyclic amines) is 1. The molecule has 1 saturated heterocycles. The molecule has 2 heterocycles. The van der Waals surface area contributed by atoms with Crippen molar-refractivity contribution in [2.24, 2.45) is 5.84 Å². The predicted molar refractivity (Wildman–Crippen MR) is 82.7 cm³/mol. The Morgan fingerprint density at radius 2 is 2.00 bits per heavy atom. The molecule has 6 heteroatoms. The molecule has 1 aliphatic heterocycles. The van der Waals surface area contributed by atoms with Gasteiger partial charge in [0.1, 0.15) is 17.5 Å². The van der Waals surface area contributed by atoms with Crippen LogP contribution in [0.1, 0.15) is 39.4 Å². The number of aromatic nitrogens is 2. The number of nitrogens with zero attached hydrogens (tertiary/aromatic N) is 3. The molecule has 0 spiro atoms. The van der Waals surface area contributed by atoms with Crippen LogP contribution in [0.3, 0.4) is 0 Å². The van der Waals surface area contributed by atoms with Crippen LogP contribution in [0.4, 0.5) is 11.6 Å². The first-order chi connectivity index (χ1) is 9.38. The largest absolute Gasteiger partial charge is 0.366 e. The third-order valence-corrected chi connectivity index (χ3v) is 3.52. The van der Waals surface area contributed by atoms with Gasteiger partial charge in [-0.1, -0.05) is 20.8 Å². The summed E-state index contributed by atoms with van der Waals surface area (Å²) in [5.41, 5.74) is 2.52. The molecule has 1 aromatic rings. The van der Waals surface area contributed by atoms with Gasteiger partial charge in [0.25, 0.3) is 0 Å². The van der Waals surface area contributed by atoms with Gasteiger partial charge in [0, 0.05) is 24.1 Å². The van der Waals surface area contributed by atoms with Gasteiger partial charge < -0.3 is 15.6 Å². The Hall–Kier alpha value is -1.40. The zero-order chi connectivity index (χ0) is 14.8. The van der Waals surface area contributed by atoms with E-state index in [0.29, 0.717) is 11.9 Å². The highest BCUT2D eigenvalue weighted by Gasteiger charge is 2.21. The quantitative estimate of drug-likeness (QED) is 0.575. The number of piperidine rings is 1. The van der Waals surface area contributed by atoms with Gasteiger partial charge >= 0.3 is 0 Å². The second-order valence-electron chi connectivity index (χ2n) is 6.60. The zero-order valence-corrected chi connectivity index (χ0v) is 12.9. The van der Waals surface area contributed by atoms with E-state index < -0.39 is 0 Å². The monoisotopic (exact) mass is 278 g/mol. The fraction of sp³-hybridized carbons (Fsp3) is 0.714. The van der Waals surface area contributed by atoms with Crippen molar-refractivity contribution >= 4 is 11.6 Å². The van der Waals surface area contributed by atoms with E-state index in [1.165, 1.54) is 19.4 Å². The first-order valence-corrected chi connectivity index (χ1v) is 7.20. The van der Waals surface area contributed by atoms with Gasteiger partial charge in [-0.3, -0.25) is 0 Å². The fourth-order valence-corrected chi connectivity index (χ4v) is 2.42. The van der Waals surface area contributed by atoms with Crippen LogP contribution in [0.25, 0.3) is 0 Å². The molecule has 0 aromatic carbocycles. The average molecular weight is 278 g/mol. The Bertz CT molecular complexity index is 453. The molecule has 6 nitrogen and oxygen atoms in total. The minimum atomic E-state index is -0.105. The van der Waals surface area contributed by atoms with Crippen LogP contribution in [0, 0.1) is 0 Å². The Morgan fingerprint density at radius 1 is 1.30 bits per heavy atom. The molecule has 0 aliphatic carbocycles. The summed E-state index contributed by atoms with van der Waals surface area (Å²) < 4.78 is 0. The van der Waals surface area contributed by atoms with Gasteiger partial charge in [-0.15, -0.1) is 0 Å². The predicted octanol–water partition coefficient (Wildman–Crippen LogP) is 1.57. The fourth-order valence-electron chi connectivity index (χ4n) is 2.42. The maximum absolute atomic E-state index is 5.51. The van der Waals surface area contributed by atoms with Crippen molar-refractivity contribution in [1.82, 2.24) is 14.9 Å². The zero-order valence-electron chi connectivity index (χ0n) is 12.9. The SMILES string of the molecule is CN1CCCC(Nc2cc(NN)nc(C(C)(C)C)n2)C1. The molecule has 2 rings (SSSR count). The smallest absolute Gasteiger partial charge is 0.145 e. The van der Waals surface area contributed by atoms with Gasteiger partial charge in [0.15, 0.2) is 0 Å². The maximum atomic E-state index is 5.51. The lowest BCUT2D eigenvalue weighted by atomic mass is 9.96. The Labute approximate surface area is 121 Å². The van der Waals surface area contributed by atoms with Crippen molar-refractivity contribution in [3.05, 3.63) is 11.9 Å². The summed E-state index contributed by atoms with van der Waals surface area (Å²) in [6.07, 6.45) is 2.39. The molecule has 0 radical (unpaired) electrons. The lowest BCUT2D eigenvalue weighted by Crippen LogP contribution is -2.40. The molecule has 0 bridgehead atoms. The number of hydrogen-bond acceptors (Lipinski definition) is 6. The van der Waals surface area contributed by atoms with Crippen LogP contribution < -0.4 is 16.6 Å². The maximum Gasteiger partial charge on any atom is 0.145 e. The number of hydrazine groups is 1. The highest BCUT2D eigenvalue weighted by Crippen LogP contribution is 2.23. The minimum absolute atomic E-state index is 0.105. The van der Waals surface area contributed by atoms with E-state index in [0.717, 1.165) is 18.2 Å². The molecular weight excluding hydrogens is 252 g/mol. The van der Waals surface area contributed by atoms with Crippen molar-refractivity contribution in [1.29, 1.82) is 0 Å². The lowest BCUT2D eigenvalue weighted by Gasteiger charge is -2.31. The second-order valence-corrected chi connectivity index (χ2v) is 6.60. The van der Waals surface area contributed by atoms with Crippen molar-refractivity contribution in [3.63, 3.8) is 0 Å². The van der Waals surface area contributed by atoms with Crippen LogP contribution in [-0.2, 0) is 5.41 Å². The number of nitrogens with one attached hydrogen (secondary N) is 2. The summed E-state index contributed by atoms with van der Waals surface area (Å²) in [5.74, 6) is 7.80. The number of anilines is 2. The van der Waals surface area contributed by atoms with Crippen LogP contribution in [0.15, 0.2) is 6.07 Å². The van der Waals surface area contributed by atoms with Crippen molar-refractivity contribution in [3.8, 4) is 0 Å². The van der Waals surface area contributed by atoms with Crippen LogP contribution in [0.5, 0.6) is 0 Å². The summed E-state index contributed by atoms with van der Waals surface area (Å²) in [6.45, 7) is 8.51. The first-order valence-electron chi connectivity index (χ1n) is 7.20. The molecule has 112 valence electrons. The molecule has 4 N–H and O–H groups in total. The molecular formula is C14H26N6. The highest BCUT2D eigenvalue weighted by molar-refractivity contribution is 5.48. The van der Waals surface area contributed by atoms with E-state index in [4.69, 9.17) is 5.84 Å². The molecule has 0 saturated carbocycles. The van der Waals surface area contributed by atoms with Crippen molar-refractivity contribution in [2.75, 3.05) is 30.9 Å². The molecule has 1 atom stereocenters. The van der Waals surface area contributed by atoms with Crippen molar-refractivity contribution in [2.45, 2.75) is 45.1 Å². The lowest BCUT2D eigenvalue weighted by molar-refractivity contribution is 0.260. The van der Waals surface area contributed by atoms with Crippen LogP contribution >= 0.6 is 0 Å². The second kappa shape index (κ2) is 5.93. The van der Waals surface area contributed by atoms with E-state index in [2.05, 4.69) is 53.4 Å². The topological polar surface area (TPSA) is 79.1 Å². The van der Waals surface area contributed by atoms with Crippen molar-refractivity contribution < 1.29 is 0 Å². The summed E-state index contributed by atoms with van der Waals surface area (Å²) in [7, 11) is 2.15. The van der Waals surface area contributed by atoms with E-state index in [1.807, 2.05) is 6.07 Å². The highest BCUT2D eigenvalue weighted by atomic mass is 15.3. The number of nitrogen functional groups attached to an aromatic ring is 1. The number of nitrogens with two attached hydrogens (primary N) is 1. The standard InChI is InChI=1S/C14H26N6/c1-14(2,3)13-17-11(8-12(18-13)19-15)16-10-6-5-7-20(4)9-10/h8,10H,5-7,9,15H2,1-4H3,(H2,16,17,18,19). The normalized spacial score (nSPS) is 20.8. The minimum Gasteiger partial charge on any atom is -0.366 e. The van der Waals surface area contributed by atoms with Gasteiger partial charge in [-0.05, 0) is 26.4 Å². The van der Waals surface area contributed by atoms with Gasteiger partial charge in [-0.2, -0.15) is 0 Å². The molecule has 1 aromatic heterocycles. The molecule has 20 heavy (non-hydrogen) atoms. The Kier molecular flexibility index (Phi) is 4.45. The third kappa shape index (κ3) is 3.80. The Morgan fingerprint density at radius 3 is 2.60 bits per heavy atom. The van der Waals surface area contributed by atoms with Gasteiger partial charge in [-0.25, -0.2) is 15.8 Å². The summed E-state index contributed by atoms with van der Waals surface area (Å²) in [5, 5.41) is 3.51. The van der Waals surface area contributed by atoms with E-state index >= 15 is 0 Å². The summed E-state index contributed by atoms with van der Waals surface area (Å²) >= 11 is 0. The molecule has 1 aliphatic rings. The first kappa shape index (κ1) is 15.0. The van der Waals surface area contributed by atoms with E-state index in [9.17, 15) is 0 Å². The molecule has 0 amide bonds. The molecule has 1 unspecified atom stereocenters. The number of hydrogen-bond donors (Lipinski definition) is 3. The summed E-state index contributed by atoms with van der Waals surface area (Å²) in [4.78, 5) is 11.4. The number of likely N-dealkylation sites (N-methyl/N-ethyl adjacent to an activating group) is 1. The van der Waals surface area contributed by atoms with Gasteiger partial charge in [0.05, 0.1) is 0 Å².